The second-order valence-corrected chi connectivity index (χ2v) is 8.37. The van der Waals surface area contributed by atoms with Crippen molar-refractivity contribution in [1.29, 1.82) is 0 Å². The molecule has 5 nitrogen and oxygen atoms in total. The molecule has 0 aromatic heterocycles. The van der Waals surface area contributed by atoms with Gasteiger partial charge in [-0.3, -0.25) is 4.79 Å². The molecule has 0 bridgehead atoms. The smallest absolute Gasteiger partial charge is 0.226 e. The molecule has 3 aliphatic rings. The van der Waals surface area contributed by atoms with E-state index in [4.69, 9.17) is 4.74 Å². The van der Waals surface area contributed by atoms with E-state index >= 15 is 0 Å². The van der Waals surface area contributed by atoms with Gasteiger partial charge in [0.1, 0.15) is 5.75 Å². The average Bonchev–Trinajstić information content (AvgIpc) is 3.28. The number of phenolic OH excluding ortho intramolecular Hbond substituents is 1. The minimum Gasteiger partial charge on any atom is -0.508 e. The third-order valence-corrected chi connectivity index (χ3v) is 6.41. The summed E-state index contributed by atoms with van der Waals surface area (Å²) in [5.74, 6) is 0.434. The highest BCUT2D eigenvalue weighted by atomic mass is 16.5. The van der Waals surface area contributed by atoms with E-state index in [9.17, 15) is 9.90 Å². The topological polar surface area (TPSA) is 53.0 Å². The predicted molar refractivity (Wildman–Crippen MR) is 100 cm³/mol. The number of piperidine rings is 1. The van der Waals surface area contributed by atoms with Gasteiger partial charge in [-0.1, -0.05) is 12.1 Å². The molecular weight excluding hydrogens is 328 g/mol. The van der Waals surface area contributed by atoms with Gasteiger partial charge in [-0.05, 0) is 68.3 Å². The van der Waals surface area contributed by atoms with E-state index in [0.717, 1.165) is 51.1 Å². The molecule has 4 rings (SSSR count). The number of carbonyl (C=O) groups excluding carboxylic acids is 1. The number of amides is 1. The summed E-state index contributed by atoms with van der Waals surface area (Å²) in [6.45, 7) is 6.10. The maximum Gasteiger partial charge on any atom is 0.226 e. The van der Waals surface area contributed by atoms with Crippen LogP contribution in [0.2, 0.25) is 0 Å². The first-order valence-corrected chi connectivity index (χ1v) is 10.0. The van der Waals surface area contributed by atoms with Crippen LogP contribution >= 0.6 is 0 Å². The lowest BCUT2D eigenvalue weighted by Crippen LogP contribution is -2.44. The molecule has 3 fully saturated rings. The quantitative estimate of drug-likeness (QED) is 0.898. The van der Waals surface area contributed by atoms with Crippen molar-refractivity contribution < 1.29 is 14.6 Å². The minimum atomic E-state index is 0.193. The Labute approximate surface area is 155 Å². The average molecular weight is 358 g/mol. The summed E-state index contributed by atoms with van der Waals surface area (Å²) in [4.78, 5) is 17.1. The van der Waals surface area contributed by atoms with Gasteiger partial charge in [-0.25, -0.2) is 0 Å². The second-order valence-electron chi connectivity index (χ2n) is 8.37. The molecule has 3 heterocycles. The van der Waals surface area contributed by atoms with Crippen LogP contribution in [0.3, 0.4) is 0 Å². The third kappa shape index (κ3) is 4.04. The first-order chi connectivity index (χ1) is 12.6. The van der Waals surface area contributed by atoms with Crippen molar-refractivity contribution in [3.8, 4) is 5.75 Å². The fourth-order valence-corrected chi connectivity index (χ4v) is 4.75. The molecule has 1 N–H and O–H groups in total. The molecule has 5 heteroatoms. The Morgan fingerprint density at radius 2 is 1.81 bits per heavy atom. The summed E-state index contributed by atoms with van der Waals surface area (Å²) in [5.41, 5.74) is 1.25. The molecule has 0 saturated carbocycles. The van der Waals surface area contributed by atoms with E-state index in [1.807, 2.05) is 17.0 Å². The maximum absolute atomic E-state index is 12.6. The van der Waals surface area contributed by atoms with Crippen LogP contribution in [0, 0.1) is 5.41 Å². The summed E-state index contributed by atoms with van der Waals surface area (Å²) < 4.78 is 6.14. The lowest BCUT2D eigenvalue weighted by atomic mass is 9.76. The number of benzene rings is 1. The first-order valence-electron chi connectivity index (χ1n) is 10.0. The highest BCUT2D eigenvalue weighted by molar-refractivity contribution is 5.78. The van der Waals surface area contributed by atoms with E-state index in [-0.39, 0.29) is 11.7 Å². The van der Waals surface area contributed by atoms with E-state index < -0.39 is 0 Å². The number of aromatic hydroxyl groups is 1. The summed E-state index contributed by atoms with van der Waals surface area (Å²) in [6, 6.07) is 6.94. The van der Waals surface area contributed by atoms with Crippen molar-refractivity contribution in [2.24, 2.45) is 5.41 Å². The van der Waals surface area contributed by atoms with E-state index in [1.54, 1.807) is 12.1 Å². The molecule has 0 aliphatic carbocycles. The van der Waals surface area contributed by atoms with E-state index in [0.29, 0.717) is 17.9 Å². The monoisotopic (exact) mass is 358 g/mol. The molecule has 0 unspecified atom stereocenters. The molecule has 3 aliphatic heterocycles. The van der Waals surface area contributed by atoms with Crippen LogP contribution in [0.4, 0.5) is 0 Å². The van der Waals surface area contributed by atoms with Crippen LogP contribution in [0.5, 0.6) is 5.75 Å². The Bertz CT molecular complexity index is 617. The Morgan fingerprint density at radius 1 is 1.12 bits per heavy atom. The van der Waals surface area contributed by atoms with Crippen LogP contribution in [-0.4, -0.2) is 66.2 Å². The molecule has 0 radical (unpaired) electrons. The van der Waals surface area contributed by atoms with Gasteiger partial charge in [0.25, 0.3) is 0 Å². The lowest BCUT2D eigenvalue weighted by Gasteiger charge is -2.38. The highest BCUT2D eigenvalue weighted by Gasteiger charge is 2.43. The molecule has 1 atom stereocenters. The summed E-state index contributed by atoms with van der Waals surface area (Å²) in [7, 11) is 0. The Morgan fingerprint density at radius 3 is 2.50 bits per heavy atom. The van der Waals surface area contributed by atoms with Gasteiger partial charge in [-0.15, -0.1) is 0 Å². The normalized spacial score (nSPS) is 25.8. The zero-order chi connectivity index (χ0) is 18.0. The Kier molecular flexibility index (Phi) is 5.18. The van der Waals surface area contributed by atoms with Gasteiger partial charge in [0.15, 0.2) is 0 Å². The number of rotatable bonds is 4. The maximum atomic E-state index is 12.6. The van der Waals surface area contributed by atoms with Crippen molar-refractivity contribution in [3.63, 3.8) is 0 Å². The van der Waals surface area contributed by atoms with Crippen LogP contribution < -0.4 is 0 Å². The molecule has 1 spiro atoms. The fourth-order valence-electron chi connectivity index (χ4n) is 4.75. The molecule has 142 valence electrons. The number of hydrogen-bond acceptors (Lipinski definition) is 4. The van der Waals surface area contributed by atoms with Crippen LogP contribution in [0.25, 0.3) is 0 Å². The molecule has 3 saturated heterocycles. The molecule has 1 aromatic rings. The number of hydrogen-bond donors (Lipinski definition) is 1. The largest absolute Gasteiger partial charge is 0.508 e. The van der Waals surface area contributed by atoms with E-state index in [2.05, 4.69) is 4.90 Å². The summed E-state index contributed by atoms with van der Waals surface area (Å²) in [6.07, 6.45) is 6.74. The van der Waals surface area contributed by atoms with Crippen molar-refractivity contribution in [2.75, 3.05) is 39.3 Å². The van der Waals surface area contributed by atoms with Gasteiger partial charge in [0, 0.05) is 19.6 Å². The number of likely N-dealkylation sites (tertiary alicyclic amines) is 2. The van der Waals surface area contributed by atoms with Gasteiger partial charge >= 0.3 is 0 Å². The van der Waals surface area contributed by atoms with Crippen molar-refractivity contribution in [2.45, 2.75) is 44.6 Å². The molecule has 1 aromatic carbocycles. The van der Waals surface area contributed by atoms with Crippen molar-refractivity contribution in [1.82, 2.24) is 9.80 Å². The highest BCUT2D eigenvalue weighted by Crippen LogP contribution is 2.42. The zero-order valence-electron chi connectivity index (χ0n) is 15.5. The number of nitrogens with zero attached hydrogens (tertiary/aromatic N) is 2. The lowest BCUT2D eigenvalue weighted by molar-refractivity contribution is -0.132. The molecule has 26 heavy (non-hydrogen) atoms. The standard InChI is InChI=1S/C21H30N2O3/c24-18-5-3-17(4-6-18)13-20(25)23-11-7-21(8-12-23)14-19(26-16-21)15-22-9-1-2-10-22/h3-6,19,24H,1-2,7-16H2/t19-/m0/s1. The second kappa shape index (κ2) is 7.57. The van der Waals surface area contributed by atoms with Gasteiger partial charge in [-0.2, -0.15) is 0 Å². The van der Waals surface area contributed by atoms with Gasteiger partial charge in [0.2, 0.25) is 5.91 Å². The van der Waals surface area contributed by atoms with Crippen LogP contribution in [-0.2, 0) is 16.0 Å². The van der Waals surface area contributed by atoms with Gasteiger partial charge in [0.05, 0.1) is 19.1 Å². The van der Waals surface area contributed by atoms with Gasteiger partial charge < -0.3 is 19.6 Å². The number of carbonyl (C=O) groups is 1. The first kappa shape index (κ1) is 17.8. The van der Waals surface area contributed by atoms with Crippen LogP contribution in [0.15, 0.2) is 24.3 Å². The zero-order valence-corrected chi connectivity index (χ0v) is 15.5. The molecular formula is C21H30N2O3. The van der Waals surface area contributed by atoms with Crippen molar-refractivity contribution >= 4 is 5.91 Å². The predicted octanol–water partition coefficient (Wildman–Crippen LogP) is 2.43. The fraction of sp³-hybridized carbons (Fsp3) is 0.667. The summed E-state index contributed by atoms with van der Waals surface area (Å²) >= 11 is 0. The van der Waals surface area contributed by atoms with Crippen molar-refractivity contribution in [3.05, 3.63) is 29.8 Å². The third-order valence-electron chi connectivity index (χ3n) is 6.41. The minimum absolute atomic E-state index is 0.193. The number of ether oxygens (including phenoxy) is 1. The van der Waals surface area contributed by atoms with Crippen LogP contribution in [0.1, 0.15) is 37.7 Å². The molecule has 1 amide bonds. The van der Waals surface area contributed by atoms with E-state index in [1.165, 1.54) is 25.9 Å². The number of phenols is 1. The Balaban J connectivity index is 1.25. The SMILES string of the molecule is O=C(Cc1ccc(O)cc1)N1CCC2(CC1)CO[C@H](CN1CCCC1)C2. The Hall–Kier alpha value is -1.59. The summed E-state index contributed by atoms with van der Waals surface area (Å²) in [5, 5.41) is 9.36.